The van der Waals surface area contributed by atoms with E-state index in [2.05, 4.69) is 20.7 Å². The Hall–Kier alpha value is 0.0249. The van der Waals surface area contributed by atoms with E-state index in [9.17, 15) is 0 Å². The zero-order chi connectivity index (χ0) is 9.40. The summed E-state index contributed by atoms with van der Waals surface area (Å²) in [6, 6.07) is 0.443. The second-order valence-electron chi connectivity index (χ2n) is 3.99. The van der Waals surface area contributed by atoms with Gasteiger partial charge in [-0.1, -0.05) is 46.2 Å². The summed E-state index contributed by atoms with van der Waals surface area (Å²) in [6.07, 6.45) is 7.72. The molecule has 12 heavy (non-hydrogen) atoms. The molecule has 0 aliphatic rings. The van der Waals surface area contributed by atoms with E-state index in [1.54, 1.807) is 0 Å². The Morgan fingerprint density at radius 1 is 1.25 bits per heavy atom. The lowest BCUT2D eigenvalue weighted by Crippen LogP contribution is -2.19. The highest BCUT2D eigenvalue weighted by atomic mass is 14.6. The topological polar surface area (TPSA) is 26.0 Å². The second kappa shape index (κ2) is 7.66. The molecule has 0 rings (SSSR count). The molecule has 0 radical (unpaired) electrons. The van der Waals surface area contributed by atoms with Crippen LogP contribution in [0.1, 0.15) is 39.5 Å². The summed E-state index contributed by atoms with van der Waals surface area (Å²) < 4.78 is 0. The van der Waals surface area contributed by atoms with Crippen molar-refractivity contribution in [2.45, 2.75) is 65.0 Å². The zero-order valence-electron chi connectivity index (χ0n) is 8.97. The first-order chi connectivity index (χ1) is 5.70. The third kappa shape index (κ3) is 6.72. The lowest BCUT2D eigenvalue weighted by Gasteiger charge is -2.09. The first kappa shape index (κ1) is 12.0. The largest absolute Gasteiger partial charge is 0.328 e. The second-order valence-corrected chi connectivity index (χ2v) is 3.99. The lowest BCUT2D eigenvalue weighted by molar-refractivity contribution is 0.585. The third-order valence-corrected chi connectivity index (χ3v) is 2.58. The van der Waals surface area contributed by atoms with Crippen LogP contribution in [-0.2, 0) is 0 Å². The molecule has 1 unspecified atom stereocenters. The van der Waals surface area contributed by atoms with Crippen molar-refractivity contribution in [2.24, 2.45) is 5.73 Å². The minimum absolute atomic E-state index is 0.443. The Balaban J connectivity index is 3.18. The van der Waals surface area contributed by atoms with Crippen molar-refractivity contribution < 1.29 is 0 Å². The highest BCUT2D eigenvalue weighted by molar-refractivity contribution is 6.57. The maximum absolute atomic E-state index is 5.83. The van der Waals surface area contributed by atoms with Gasteiger partial charge in [-0.2, -0.15) is 0 Å². The van der Waals surface area contributed by atoms with Crippen molar-refractivity contribution in [3.05, 3.63) is 0 Å². The molecule has 0 aromatic carbocycles. The Bertz CT molecular complexity index is 95.8. The molecule has 2 N–H and O–H groups in total. The molecule has 0 bridgehead atoms. The van der Waals surface area contributed by atoms with Gasteiger partial charge in [0, 0.05) is 6.04 Å². The van der Waals surface area contributed by atoms with Crippen molar-refractivity contribution in [2.75, 3.05) is 0 Å². The molecule has 0 aliphatic carbocycles. The fourth-order valence-electron chi connectivity index (χ4n) is 1.57. The molecule has 0 saturated carbocycles. The van der Waals surface area contributed by atoms with Gasteiger partial charge in [-0.15, -0.1) is 0 Å². The summed E-state index contributed by atoms with van der Waals surface area (Å²) in [5.74, 6) is 0. The molecule has 0 heterocycles. The van der Waals surface area contributed by atoms with Crippen LogP contribution < -0.4 is 5.73 Å². The predicted molar refractivity (Wildman–Crippen MR) is 59.0 cm³/mol. The Morgan fingerprint density at radius 3 is 2.42 bits per heavy atom. The van der Waals surface area contributed by atoms with E-state index in [-0.39, 0.29) is 0 Å². The van der Waals surface area contributed by atoms with Gasteiger partial charge in [-0.25, -0.2) is 0 Å². The van der Waals surface area contributed by atoms with E-state index in [1.807, 2.05) is 0 Å². The Kier molecular flexibility index (Phi) is 7.68. The van der Waals surface area contributed by atoms with E-state index < -0.39 is 0 Å². The average molecular weight is 169 g/mol. The normalized spacial score (nSPS) is 13.0. The molecule has 0 aliphatic heterocycles. The minimum atomic E-state index is 0.443. The van der Waals surface area contributed by atoms with Crippen LogP contribution in [0.25, 0.3) is 0 Å². The molecule has 0 spiro atoms. The molecule has 0 amide bonds. The molecule has 1 nitrogen and oxygen atoms in total. The van der Waals surface area contributed by atoms with Crippen LogP contribution in [-0.4, -0.2) is 12.8 Å². The first-order valence-electron chi connectivity index (χ1n) is 5.46. The van der Waals surface area contributed by atoms with Gasteiger partial charge in [0.2, 0.25) is 0 Å². The van der Waals surface area contributed by atoms with Crippen LogP contribution in [0.5, 0.6) is 0 Å². The molecule has 1 atom stereocenters. The van der Waals surface area contributed by atoms with E-state index in [1.165, 1.54) is 31.9 Å². The van der Waals surface area contributed by atoms with Crippen LogP contribution in [0.15, 0.2) is 0 Å². The molecule has 0 aromatic rings. The van der Waals surface area contributed by atoms with Gasteiger partial charge >= 0.3 is 0 Å². The van der Waals surface area contributed by atoms with Crippen molar-refractivity contribution in [3.63, 3.8) is 0 Å². The number of rotatable bonds is 7. The molecule has 0 fully saturated rings. The number of nitrogens with two attached hydrogens (primary N) is 1. The van der Waals surface area contributed by atoms with Gasteiger partial charge in [0.05, 0.1) is 0 Å². The summed E-state index contributed by atoms with van der Waals surface area (Å²) >= 11 is 0. The zero-order valence-corrected chi connectivity index (χ0v) is 8.97. The smallest absolute Gasteiger partial charge is 0.136 e. The summed E-state index contributed by atoms with van der Waals surface area (Å²) in [5.41, 5.74) is 5.83. The molecule has 0 saturated heterocycles. The van der Waals surface area contributed by atoms with Crippen LogP contribution in [0.4, 0.5) is 0 Å². The summed E-state index contributed by atoms with van der Waals surface area (Å²) in [4.78, 5) is 0. The van der Waals surface area contributed by atoms with Crippen LogP contribution in [0, 0.1) is 0 Å². The summed E-state index contributed by atoms with van der Waals surface area (Å²) in [5, 5.41) is 0. The minimum Gasteiger partial charge on any atom is -0.328 e. The number of hydrogen-bond acceptors (Lipinski definition) is 1. The average Bonchev–Trinajstić information content (AvgIpc) is 2.04. The third-order valence-electron chi connectivity index (χ3n) is 2.58. The van der Waals surface area contributed by atoms with E-state index in [0.29, 0.717) is 6.04 Å². The highest BCUT2D eigenvalue weighted by Crippen LogP contribution is 2.09. The molecular formula is C10H24BN. The highest BCUT2D eigenvalue weighted by Gasteiger charge is 2.05. The van der Waals surface area contributed by atoms with E-state index in [0.717, 1.165) is 13.1 Å². The van der Waals surface area contributed by atoms with Crippen molar-refractivity contribution >= 4 is 6.71 Å². The summed E-state index contributed by atoms with van der Waals surface area (Å²) in [6.45, 7) is 7.68. The lowest BCUT2D eigenvalue weighted by atomic mass is 9.46. The molecule has 2 heteroatoms. The Morgan fingerprint density at radius 2 is 1.92 bits per heavy atom. The van der Waals surface area contributed by atoms with Crippen LogP contribution in [0.2, 0.25) is 19.5 Å². The standard InChI is InChI=1S/C10H24BN/c1-4-8-11(3)9-6-7-10(12)5-2/h10H,4-9,12H2,1-3H3. The molecular weight excluding hydrogens is 145 g/mol. The number of hydrogen-bond donors (Lipinski definition) is 1. The molecule has 0 aromatic heterocycles. The van der Waals surface area contributed by atoms with Crippen LogP contribution >= 0.6 is 0 Å². The quantitative estimate of drug-likeness (QED) is 0.582. The van der Waals surface area contributed by atoms with Crippen molar-refractivity contribution in [1.82, 2.24) is 0 Å². The van der Waals surface area contributed by atoms with E-state index >= 15 is 0 Å². The van der Waals surface area contributed by atoms with Crippen molar-refractivity contribution in [3.8, 4) is 0 Å². The fourth-order valence-corrected chi connectivity index (χ4v) is 1.57. The van der Waals surface area contributed by atoms with E-state index in [4.69, 9.17) is 5.73 Å². The van der Waals surface area contributed by atoms with Gasteiger partial charge < -0.3 is 5.73 Å². The predicted octanol–water partition coefficient (Wildman–Crippen LogP) is 3.04. The van der Waals surface area contributed by atoms with Gasteiger partial charge in [0.25, 0.3) is 0 Å². The summed E-state index contributed by atoms with van der Waals surface area (Å²) in [7, 11) is 0. The van der Waals surface area contributed by atoms with Gasteiger partial charge in [0.15, 0.2) is 0 Å². The maximum atomic E-state index is 5.83. The van der Waals surface area contributed by atoms with Crippen LogP contribution in [0.3, 0.4) is 0 Å². The maximum Gasteiger partial charge on any atom is 0.136 e. The SMILES string of the molecule is CCCB(C)CCCC(N)CC. The van der Waals surface area contributed by atoms with Gasteiger partial charge in [-0.3, -0.25) is 0 Å². The molecule has 72 valence electrons. The van der Waals surface area contributed by atoms with Crippen molar-refractivity contribution in [1.29, 1.82) is 0 Å². The van der Waals surface area contributed by atoms with Gasteiger partial charge in [0.1, 0.15) is 6.71 Å². The Labute approximate surface area is 78.2 Å². The first-order valence-corrected chi connectivity index (χ1v) is 5.46. The fraction of sp³-hybridized carbons (Fsp3) is 1.00. The van der Waals surface area contributed by atoms with Gasteiger partial charge in [-0.05, 0) is 12.8 Å². The monoisotopic (exact) mass is 169 g/mol.